The van der Waals surface area contributed by atoms with Gasteiger partial charge in [-0.05, 0) is 36.4 Å². The van der Waals surface area contributed by atoms with Crippen LogP contribution in [0.5, 0.6) is 0 Å². The van der Waals surface area contributed by atoms with Gasteiger partial charge in [-0.25, -0.2) is 4.79 Å². The summed E-state index contributed by atoms with van der Waals surface area (Å²) in [5.41, 5.74) is 0.653. The fourth-order valence-corrected chi connectivity index (χ4v) is 2.51. The van der Waals surface area contributed by atoms with Gasteiger partial charge in [-0.1, -0.05) is 12.1 Å². The van der Waals surface area contributed by atoms with Crippen LogP contribution in [0.15, 0.2) is 54.7 Å². The summed E-state index contributed by atoms with van der Waals surface area (Å²) in [5.74, 6) is -0.489. The number of carbonyl (C=O) groups excluding carboxylic acids is 1. The van der Waals surface area contributed by atoms with Crippen LogP contribution in [0, 0.1) is 0 Å². The molecule has 0 spiro atoms. The molecule has 0 amide bonds. The van der Waals surface area contributed by atoms with Gasteiger partial charge in [0, 0.05) is 17.3 Å². The van der Waals surface area contributed by atoms with Crippen molar-refractivity contribution in [1.82, 2.24) is 4.57 Å². The monoisotopic (exact) mass is 319 g/mol. The van der Waals surface area contributed by atoms with E-state index in [0.29, 0.717) is 22.2 Å². The molecule has 0 atom stereocenters. The van der Waals surface area contributed by atoms with Crippen LogP contribution >= 0.6 is 0 Å². The van der Waals surface area contributed by atoms with Crippen molar-refractivity contribution in [2.24, 2.45) is 0 Å². The second kappa shape index (κ2) is 5.46. The molecule has 0 saturated carbocycles. The van der Waals surface area contributed by atoms with E-state index < -0.39 is 17.7 Å². The van der Waals surface area contributed by atoms with Gasteiger partial charge in [0.2, 0.25) is 0 Å². The molecule has 0 radical (unpaired) electrons. The molecule has 0 fully saturated rings. The summed E-state index contributed by atoms with van der Waals surface area (Å²) in [7, 11) is 1.28. The Balaban J connectivity index is 2.17. The molecule has 23 heavy (non-hydrogen) atoms. The molecule has 1 heterocycles. The summed E-state index contributed by atoms with van der Waals surface area (Å²) in [5, 5.41) is 0.622. The van der Waals surface area contributed by atoms with Gasteiger partial charge in [-0.2, -0.15) is 13.2 Å². The van der Waals surface area contributed by atoms with Gasteiger partial charge in [-0.3, -0.25) is 0 Å². The van der Waals surface area contributed by atoms with Crippen molar-refractivity contribution in [3.8, 4) is 5.69 Å². The van der Waals surface area contributed by atoms with Gasteiger partial charge in [0.25, 0.3) is 0 Å². The fourth-order valence-electron chi connectivity index (χ4n) is 2.51. The molecule has 0 aliphatic carbocycles. The smallest absolute Gasteiger partial charge is 0.416 e. The summed E-state index contributed by atoms with van der Waals surface area (Å²) in [6.07, 6.45) is -2.78. The molecule has 0 bridgehead atoms. The minimum absolute atomic E-state index is 0.371. The Bertz CT molecular complexity index is 881. The molecule has 3 rings (SSSR count). The molecular weight excluding hydrogens is 307 g/mol. The van der Waals surface area contributed by atoms with Crippen molar-refractivity contribution in [1.29, 1.82) is 0 Å². The lowest BCUT2D eigenvalue weighted by Gasteiger charge is -2.11. The fraction of sp³-hybridized carbons (Fsp3) is 0.118. The number of esters is 1. The van der Waals surface area contributed by atoms with Gasteiger partial charge in [0.05, 0.1) is 23.8 Å². The highest BCUT2D eigenvalue weighted by Gasteiger charge is 2.30. The number of rotatable bonds is 2. The van der Waals surface area contributed by atoms with E-state index in [4.69, 9.17) is 4.74 Å². The summed E-state index contributed by atoms with van der Waals surface area (Å²) < 4.78 is 44.9. The maximum absolute atomic E-state index is 12.9. The number of aromatic nitrogens is 1. The summed E-state index contributed by atoms with van der Waals surface area (Å²) in [4.78, 5) is 11.8. The Kier molecular flexibility index (Phi) is 3.60. The molecule has 3 nitrogen and oxygen atoms in total. The number of alkyl halides is 3. The van der Waals surface area contributed by atoms with E-state index in [2.05, 4.69) is 0 Å². The minimum Gasteiger partial charge on any atom is -0.465 e. The number of ether oxygens (including phenoxy) is 1. The first kappa shape index (κ1) is 15.1. The number of carbonyl (C=O) groups is 1. The highest BCUT2D eigenvalue weighted by atomic mass is 19.4. The number of hydrogen-bond acceptors (Lipinski definition) is 2. The van der Waals surface area contributed by atoms with Crippen LogP contribution in [0.25, 0.3) is 16.6 Å². The Morgan fingerprint density at radius 1 is 1.09 bits per heavy atom. The first-order valence-corrected chi connectivity index (χ1v) is 6.78. The van der Waals surface area contributed by atoms with Gasteiger partial charge in [-0.15, -0.1) is 0 Å². The molecule has 0 N–H and O–H groups in total. The molecule has 6 heteroatoms. The maximum atomic E-state index is 12.9. The van der Waals surface area contributed by atoms with E-state index in [9.17, 15) is 18.0 Å². The second-order valence-corrected chi connectivity index (χ2v) is 4.96. The largest absolute Gasteiger partial charge is 0.465 e. The van der Waals surface area contributed by atoms with Crippen LogP contribution in [0.3, 0.4) is 0 Å². The van der Waals surface area contributed by atoms with Crippen LogP contribution in [0.2, 0.25) is 0 Å². The van der Waals surface area contributed by atoms with Crippen molar-refractivity contribution < 1.29 is 22.7 Å². The highest BCUT2D eigenvalue weighted by Crippen LogP contribution is 2.31. The van der Waals surface area contributed by atoms with E-state index in [1.54, 1.807) is 41.1 Å². The van der Waals surface area contributed by atoms with Crippen LogP contribution in [0.1, 0.15) is 15.9 Å². The first-order chi connectivity index (χ1) is 10.9. The van der Waals surface area contributed by atoms with Gasteiger partial charge >= 0.3 is 12.1 Å². The number of halogens is 3. The topological polar surface area (TPSA) is 31.2 Å². The molecule has 0 unspecified atom stereocenters. The zero-order valence-corrected chi connectivity index (χ0v) is 12.1. The van der Waals surface area contributed by atoms with E-state index in [0.717, 1.165) is 12.1 Å². The van der Waals surface area contributed by atoms with Crippen LogP contribution < -0.4 is 0 Å². The lowest BCUT2D eigenvalue weighted by Crippen LogP contribution is -2.06. The molecule has 118 valence electrons. The number of hydrogen-bond donors (Lipinski definition) is 0. The average molecular weight is 319 g/mol. The van der Waals surface area contributed by atoms with E-state index in [1.165, 1.54) is 13.2 Å². The Morgan fingerprint density at radius 3 is 2.52 bits per heavy atom. The zero-order valence-electron chi connectivity index (χ0n) is 12.1. The van der Waals surface area contributed by atoms with E-state index >= 15 is 0 Å². The van der Waals surface area contributed by atoms with Gasteiger partial charge in [0.1, 0.15) is 0 Å². The van der Waals surface area contributed by atoms with E-state index in [-0.39, 0.29) is 0 Å². The molecule has 1 aromatic heterocycles. The summed E-state index contributed by atoms with van der Waals surface area (Å²) >= 11 is 0. The Hall–Kier alpha value is -2.76. The number of methoxy groups -OCH3 is 1. The predicted octanol–water partition coefficient (Wildman–Crippen LogP) is 4.44. The third-order valence-electron chi connectivity index (χ3n) is 3.59. The quantitative estimate of drug-likeness (QED) is 0.654. The third kappa shape index (κ3) is 2.67. The zero-order chi connectivity index (χ0) is 16.6. The van der Waals surface area contributed by atoms with Crippen molar-refractivity contribution >= 4 is 16.9 Å². The van der Waals surface area contributed by atoms with Crippen molar-refractivity contribution in [3.63, 3.8) is 0 Å². The van der Waals surface area contributed by atoms with Crippen LogP contribution in [-0.4, -0.2) is 17.6 Å². The van der Waals surface area contributed by atoms with E-state index in [1.807, 2.05) is 0 Å². The summed E-state index contributed by atoms with van der Waals surface area (Å²) in [6.45, 7) is 0. The van der Waals surface area contributed by atoms with Crippen molar-refractivity contribution in [3.05, 3.63) is 65.9 Å². The predicted molar refractivity (Wildman–Crippen MR) is 79.6 cm³/mol. The average Bonchev–Trinajstić information content (AvgIpc) is 2.97. The van der Waals surface area contributed by atoms with Crippen LogP contribution in [0.4, 0.5) is 13.2 Å². The molecule has 0 aliphatic heterocycles. The SMILES string of the molecule is COC(=O)c1cccc2c1ccn2-c1cccc(C(F)(F)F)c1. The minimum atomic E-state index is -4.41. The maximum Gasteiger partial charge on any atom is 0.416 e. The van der Waals surface area contributed by atoms with Crippen molar-refractivity contribution in [2.75, 3.05) is 7.11 Å². The number of benzene rings is 2. The standard InChI is InChI=1S/C17H12F3NO2/c1-23-16(22)14-6-3-7-15-13(14)8-9-21(15)12-5-2-4-11(10-12)17(18,19)20/h2-10H,1H3. The molecule has 3 aromatic rings. The lowest BCUT2D eigenvalue weighted by molar-refractivity contribution is -0.137. The summed E-state index contributed by atoms with van der Waals surface area (Å²) in [6, 6.07) is 11.7. The first-order valence-electron chi connectivity index (χ1n) is 6.78. The lowest BCUT2D eigenvalue weighted by atomic mass is 10.1. The molecule has 0 saturated heterocycles. The van der Waals surface area contributed by atoms with Gasteiger partial charge < -0.3 is 9.30 Å². The second-order valence-electron chi connectivity index (χ2n) is 4.96. The third-order valence-corrected chi connectivity index (χ3v) is 3.59. The van der Waals surface area contributed by atoms with Gasteiger partial charge in [0.15, 0.2) is 0 Å². The molecular formula is C17H12F3NO2. The molecule has 2 aromatic carbocycles. The van der Waals surface area contributed by atoms with Crippen molar-refractivity contribution in [2.45, 2.75) is 6.18 Å². The normalized spacial score (nSPS) is 11.7. The Labute approximate surface area is 129 Å². The highest BCUT2D eigenvalue weighted by molar-refractivity contribution is 6.04. The Morgan fingerprint density at radius 2 is 1.83 bits per heavy atom. The van der Waals surface area contributed by atoms with Crippen LogP contribution in [-0.2, 0) is 10.9 Å². The molecule has 0 aliphatic rings. The number of fused-ring (bicyclic) bond motifs is 1. The number of nitrogens with zero attached hydrogens (tertiary/aromatic N) is 1.